The van der Waals surface area contributed by atoms with E-state index in [0.29, 0.717) is 0 Å². The molecule has 17 heavy (non-hydrogen) atoms. The molecule has 0 radical (unpaired) electrons. The van der Waals surface area contributed by atoms with Crippen molar-refractivity contribution in [2.24, 2.45) is 11.7 Å². The maximum atomic E-state index is 12.0. The number of nitrogens with one attached hydrogen (secondary N) is 1. The van der Waals surface area contributed by atoms with Gasteiger partial charge in [0.2, 0.25) is 5.91 Å². The second kappa shape index (κ2) is 5.16. The first kappa shape index (κ1) is 12.5. The highest BCUT2D eigenvalue weighted by Crippen LogP contribution is 2.29. The predicted molar refractivity (Wildman–Crippen MR) is 66.0 cm³/mol. The molecule has 1 heterocycles. The van der Waals surface area contributed by atoms with E-state index < -0.39 is 0 Å². The molecule has 2 unspecified atom stereocenters. The predicted octanol–water partition coefficient (Wildman–Crippen LogP) is 1.85. The Balaban J connectivity index is 2.13. The Morgan fingerprint density at radius 3 is 2.53 bits per heavy atom. The Morgan fingerprint density at radius 1 is 1.35 bits per heavy atom. The summed E-state index contributed by atoms with van der Waals surface area (Å²) in [7, 11) is 0. The molecule has 0 aromatic carbocycles. The van der Waals surface area contributed by atoms with E-state index in [0.717, 1.165) is 19.3 Å². The van der Waals surface area contributed by atoms with Crippen molar-refractivity contribution in [3.05, 3.63) is 16.6 Å². The molecule has 1 amide bonds. The molecule has 3 N–H and O–H groups in total. The van der Waals surface area contributed by atoms with Crippen molar-refractivity contribution in [1.82, 2.24) is 9.97 Å². The Morgan fingerprint density at radius 2 is 2.00 bits per heavy atom. The van der Waals surface area contributed by atoms with E-state index in [1.807, 2.05) is 0 Å². The first-order valence-corrected chi connectivity index (χ1v) is 6.07. The van der Waals surface area contributed by atoms with E-state index in [4.69, 9.17) is 28.9 Å². The fraction of sp³-hybridized carbons (Fsp3) is 0.500. The lowest BCUT2D eigenvalue weighted by Gasteiger charge is -2.15. The van der Waals surface area contributed by atoms with Crippen molar-refractivity contribution in [3.8, 4) is 0 Å². The number of nitrogens with two attached hydrogens (primary N) is 1. The van der Waals surface area contributed by atoms with Gasteiger partial charge in [0.05, 0.1) is 5.92 Å². The van der Waals surface area contributed by atoms with Gasteiger partial charge in [0, 0.05) is 6.04 Å². The summed E-state index contributed by atoms with van der Waals surface area (Å²) in [6.07, 6.45) is 3.86. The van der Waals surface area contributed by atoms with Crippen molar-refractivity contribution in [1.29, 1.82) is 0 Å². The first-order chi connectivity index (χ1) is 8.09. The van der Waals surface area contributed by atoms with Crippen LogP contribution in [0.3, 0.4) is 0 Å². The summed E-state index contributed by atoms with van der Waals surface area (Å²) in [6, 6.07) is -0.0998. The Bertz CT molecular complexity index is 420. The fourth-order valence-corrected chi connectivity index (χ4v) is 2.39. The standard InChI is InChI=1S/C10H12Cl2N4O/c11-8-7(9(12)15-4-14-8)16-10(17)5-2-1-3-6(5)13/h4-6H,1-3,13H2,(H,16,17). The van der Waals surface area contributed by atoms with E-state index in [2.05, 4.69) is 15.3 Å². The van der Waals surface area contributed by atoms with Crippen LogP contribution in [0.25, 0.3) is 0 Å². The van der Waals surface area contributed by atoms with Gasteiger partial charge in [-0.25, -0.2) is 9.97 Å². The van der Waals surface area contributed by atoms with E-state index in [1.165, 1.54) is 6.33 Å². The van der Waals surface area contributed by atoms with Gasteiger partial charge in [-0.1, -0.05) is 29.6 Å². The van der Waals surface area contributed by atoms with E-state index in [9.17, 15) is 4.79 Å². The molecule has 2 rings (SSSR count). The van der Waals surface area contributed by atoms with E-state index in [1.54, 1.807) is 0 Å². The third kappa shape index (κ3) is 2.68. The third-order valence-corrected chi connectivity index (χ3v) is 3.48. The minimum atomic E-state index is -0.192. The zero-order valence-corrected chi connectivity index (χ0v) is 10.5. The second-order valence-corrected chi connectivity index (χ2v) is 4.74. The Kier molecular flexibility index (Phi) is 3.81. The Hall–Kier alpha value is -0.910. The van der Waals surface area contributed by atoms with Gasteiger partial charge in [-0.05, 0) is 12.8 Å². The average molecular weight is 275 g/mol. The molecule has 1 saturated carbocycles. The Labute approximate surface area is 109 Å². The molecule has 1 aliphatic rings. The van der Waals surface area contributed by atoms with Crippen LogP contribution in [0.2, 0.25) is 10.3 Å². The molecule has 1 fully saturated rings. The molecule has 0 aliphatic heterocycles. The van der Waals surface area contributed by atoms with Crippen molar-refractivity contribution in [3.63, 3.8) is 0 Å². The van der Waals surface area contributed by atoms with Crippen LogP contribution in [0.5, 0.6) is 0 Å². The van der Waals surface area contributed by atoms with Crippen LogP contribution < -0.4 is 11.1 Å². The third-order valence-electron chi connectivity index (χ3n) is 2.91. The molecule has 7 heteroatoms. The summed E-state index contributed by atoms with van der Waals surface area (Å²) < 4.78 is 0. The molecule has 1 aromatic heterocycles. The maximum Gasteiger partial charge on any atom is 0.229 e. The smallest absolute Gasteiger partial charge is 0.229 e. The van der Waals surface area contributed by atoms with Crippen LogP contribution in [0.4, 0.5) is 5.69 Å². The quantitative estimate of drug-likeness (QED) is 0.807. The molecule has 1 aliphatic carbocycles. The summed E-state index contributed by atoms with van der Waals surface area (Å²) in [5.41, 5.74) is 6.10. The maximum absolute atomic E-state index is 12.0. The molecule has 0 bridgehead atoms. The number of hydrogen-bond donors (Lipinski definition) is 2. The lowest BCUT2D eigenvalue weighted by atomic mass is 10.0. The van der Waals surface area contributed by atoms with Crippen LogP contribution in [0.15, 0.2) is 6.33 Å². The number of nitrogens with zero attached hydrogens (tertiary/aromatic N) is 2. The minimum absolute atomic E-state index is 0.0998. The zero-order chi connectivity index (χ0) is 12.4. The van der Waals surface area contributed by atoms with Gasteiger partial charge in [-0.2, -0.15) is 0 Å². The highest BCUT2D eigenvalue weighted by molar-refractivity contribution is 6.38. The SMILES string of the molecule is NC1CCCC1C(=O)Nc1c(Cl)ncnc1Cl. The summed E-state index contributed by atoms with van der Waals surface area (Å²) in [4.78, 5) is 19.5. The van der Waals surface area contributed by atoms with Crippen LogP contribution in [-0.2, 0) is 4.79 Å². The topological polar surface area (TPSA) is 80.9 Å². The van der Waals surface area contributed by atoms with Crippen LogP contribution in [0, 0.1) is 5.92 Å². The van der Waals surface area contributed by atoms with Gasteiger partial charge in [0.25, 0.3) is 0 Å². The van der Waals surface area contributed by atoms with Crippen molar-refractivity contribution >= 4 is 34.8 Å². The van der Waals surface area contributed by atoms with Gasteiger partial charge in [0.15, 0.2) is 10.3 Å². The molecule has 0 saturated heterocycles. The number of amides is 1. The lowest BCUT2D eigenvalue weighted by Crippen LogP contribution is -2.34. The number of anilines is 1. The molecule has 0 spiro atoms. The molecule has 92 valence electrons. The van der Waals surface area contributed by atoms with Crippen molar-refractivity contribution in [2.45, 2.75) is 25.3 Å². The zero-order valence-electron chi connectivity index (χ0n) is 8.99. The summed E-state index contributed by atoms with van der Waals surface area (Å²) in [5, 5.41) is 2.90. The van der Waals surface area contributed by atoms with E-state index >= 15 is 0 Å². The number of hydrogen-bond acceptors (Lipinski definition) is 4. The highest BCUT2D eigenvalue weighted by atomic mass is 35.5. The average Bonchev–Trinajstić information content (AvgIpc) is 2.70. The van der Waals surface area contributed by atoms with Crippen LogP contribution >= 0.6 is 23.2 Å². The summed E-state index contributed by atoms with van der Waals surface area (Å²) >= 11 is 11.7. The van der Waals surface area contributed by atoms with Crippen molar-refractivity contribution < 1.29 is 4.79 Å². The molecular weight excluding hydrogens is 263 g/mol. The van der Waals surface area contributed by atoms with E-state index in [-0.39, 0.29) is 33.9 Å². The summed E-state index contributed by atoms with van der Waals surface area (Å²) in [5.74, 6) is -0.365. The highest BCUT2D eigenvalue weighted by Gasteiger charge is 2.31. The molecular formula is C10H12Cl2N4O. The minimum Gasteiger partial charge on any atom is -0.327 e. The second-order valence-electron chi connectivity index (χ2n) is 4.02. The normalized spacial score (nSPS) is 23.7. The number of halogens is 2. The number of rotatable bonds is 2. The van der Waals surface area contributed by atoms with Crippen LogP contribution in [-0.4, -0.2) is 21.9 Å². The molecule has 2 atom stereocenters. The number of aromatic nitrogens is 2. The van der Waals surface area contributed by atoms with Gasteiger partial charge < -0.3 is 11.1 Å². The van der Waals surface area contributed by atoms with Gasteiger partial charge in [-0.15, -0.1) is 0 Å². The van der Waals surface area contributed by atoms with Gasteiger partial charge in [0.1, 0.15) is 12.0 Å². The number of carbonyl (C=O) groups is 1. The largest absolute Gasteiger partial charge is 0.327 e. The summed E-state index contributed by atoms with van der Waals surface area (Å²) in [6.45, 7) is 0. The van der Waals surface area contributed by atoms with Gasteiger partial charge in [-0.3, -0.25) is 4.79 Å². The van der Waals surface area contributed by atoms with Gasteiger partial charge >= 0.3 is 0 Å². The fourth-order valence-electron chi connectivity index (χ4n) is 1.98. The van der Waals surface area contributed by atoms with Crippen molar-refractivity contribution in [2.75, 3.05) is 5.32 Å². The first-order valence-electron chi connectivity index (χ1n) is 5.32. The lowest BCUT2D eigenvalue weighted by molar-refractivity contribution is -0.120. The van der Waals surface area contributed by atoms with Crippen LogP contribution in [0.1, 0.15) is 19.3 Å². The molecule has 1 aromatic rings. The molecule has 5 nitrogen and oxygen atoms in total. The monoisotopic (exact) mass is 274 g/mol. The number of carbonyl (C=O) groups excluding carboxylic acids is 1.